The largest absolute Gasteiger partial charge is 0.495 e. The van der Waals surface area contributed by atoms with Gasteiger partial charge < -0.3 is 14.8 Å². The van der Waals surface area contributed by atoms with Crippen LogP contribution in [0.2, 0.25) is 0 Å². The highest BCUT2D eigenvalue weighted by molar-refractivity contribution is 9.11. The van der Waals surface area contributed by atoms with Crippen molar-refractivity contribution in [2.24, 2.45) is 0 Å². The Morgan fingerprint density at radius 1 is 1.19 bits per heavy atom. The lowest BCUT2D eigenvalue weighted by atomic mass is 10.0. The van der Waals surface area contributed by atoms with Crippen molar-refractivity contribution in [1.29, 1.82) is 0 Å². The van der Waals surface area contributed by atoms with Gasteiger partial charge in [-0.05, 0) is 62.0 Å². The van der Waals surface area contributed by atoms with Crippen molar-refractivity contribution in [3.63, 3.8) is 0 Å². The molecule has 0 aliphatic carbocycles. The van der Waals surface area contributed by atoms with Crippen LogP contribution in [0.3, 0.4) is 0 Å². The summed E-state index contributed by atoms with van der Waals surface area (Å²) < 4.78 is 12.9. The smallest absolute Gasteiger partial charge is 0.141 e. The van der Waals surface area contributed by atoms with Crippen molar-refractivity contribution in [3.05, 3.63) is 43.0 Å². The van der Waals surface area contributed by atoms with Crippen LogP contribution < -0.4 is 14.8 Å². The van der Waals surface area contributed by atoms with Gasteiger partial charge in [0.05, 0.1) is 20.3 Å². The van der Waals surface area contributed by atoms with Crippen LogP contribution in [0.25, 0.3) is 0 Å². The molecule has 1 N–H and O–H groups in total. The molecule has 1 aromatic carbocycles. The molecule has 2 rings (SSSR count). The second-order valence-electron chi connectivity index (χ2n) is 4.33. The SMILES string of the molecule is CCNC(c1ccc(OC)c(Br)c1OC)c1sccc1Br. The summed E-state index contributed by atoms with van der Waals surface area (Å²) in [7, 11) is 3.33. The molecule has 0 amide bonds. The molecule has 1 atom stereocenters. The first-order chi connectivity index (χ1) is 10.1. The molecule has 3 nitrogen and oxygen atoms in total. The first kappa shape index (κ1) is 16.8. The minimum absolute atomic E-state index is 0.0709. The Balaban J connectivity index is 2.55. The molecule has 1 unspecified atom stereocenters. The van der Waals surface area contributed by atoms with E-state index in [0.717, 1.165) is 32.6 Å². The molecule has 21 heavy (non-hydrogen) atoms. The lowest BCUT2D eigenvalue weighted by Gasteiger charge is -2.22. The molecule has 0 saturated carbocycles. The highest BCUT2D eigenvalue weighted by Crippen LogP contribution is 2.43. The van der Waals surface area contributed by atoms with Crippen LogP contribution in [0.15, 0.2) is 32.5 Å². The van der Waals surface area contributed by atoms with Gasteiger partial charge in [0.25, 0.3) is 0 Å². The molecule has 0 spiro atoms. The van der Waals surface area contributed by atoms with Gasteiger partial charge in [0.2, 0.25) is 0 Å². The molecule has 114 valence electrons. The van der Waals surface area contributed by atoms with Crippen LogP contribution in [0, 0.1) is 0 Å². The van der Waals surface area contributed by atoms with Gasteiger partial charge in [0.1, 0.15) is 16.0 Å². The number of nitrogens with one attached hydrogen (secondary N) is 1. The second kappa shape index (κ2) is 7.63. The average Bonchev–Trinajstić information content (AvgIpc) is 2.90. The molecule has 6 heteroatoms. The highest BCUT2D eigenvalue weighted by atomic mass is 79.9. The van der Waals surface area contributed by atoms with E-state index < -0.39 is 0 Å². The Bertz CT molecular complexity index is 616. The second-order valence-corrected chi connectivity index (χ2v) is 6.92. The summed E-state index contributed by atoms with van der Waals surface area (Å²) >= 11 is 8.90. The highest BCUT2D eigenvalue weighted by Gasteiger charge is 2.23. The predicted molar refractivity (Wildman–Crippen MR) is 94.8 cm³/mol. The van der Waals surface area contributed by atoms with Crippen LogP contribution in [-0.2, 0) is 0 Å². The normalized spacial score (nSPS) is 12.2. The quantitative estimate of drug-likeness (QED) is 0.694. The standard InChI is InChI=1S/C15H17Br2NO2S/c1-4-18-13(15-10(16)7-8-21-15)9-5-6-11(19-2)12(17)14(9)20-3/h5-8,13,18H,4H2,1-3H3. The van der Waals surface area contributed by atoms with Gasteiger partial charge >= 0.3 is 0 Å². The monoisotopic (exact) mass is 433 g/mol. The number of rotatable bonds is 6. The van der Waals surface area contributed by atoms with E-state index in [1.54, 1.807) is 25.6 Å². The van der Waals surface area contributed by atoms with Gasteiger partial charge in [-0.2, -0.15) is 0 Å². The number of benzene rings is 1. The van der Waals surface area contributed by atoms with Crippen LogP contribution in [0.5, 0.6) is 11.5 Å². The Labute approximate surface area is 145 Å². The molecule has 0 saturated heterocycles. The Morgan fingerprint density at radius 3 is 2.48 bits per heavy atom. The molecule has 0 fully saturated rings. The summed E-state index contributed by atoms with van der Waals surface area (Å²) in [5.41, 5.74) is 1.08. The average molecular weight is 435 g/mol. The molecule has 0 bridgehead atoms. The minimum atomic E-state index is 0.0709. The van der Waals surface area contributed by atoms with Gasteiger partial charge in [-0.1, -0.05) is 6.92 Å². The third-order valence-corrected chi connectivity index (χ3v) is 5.83. The van der Waals surface area contributed by atoms with Crippen molar-refractivity contribution in [2.45, 2.75) is 13.0 Å². The van der Waals surface area contributed by atoms with Crippen molar-refractivity contribution < 1.29 is 9.47 Å². The third-order valence-electron chi connectivity index (χ3n) is 3.14. The summed E-state index contributed by atoms with van der Waals surface area (Å²) in [6.07, 6.45) is 0. The zero-order chi connectivity index (χ0) is 15.4. The van der Waals surface area contributed by atoms with Gasteiger partial charge in [0, 0.05) is 14.9 Å². The number of hydrogen-bond donors (Lipinski definition) is 1. The first-order valence-corrected chi connectivity index (χ1v) is 8.97. The van der Waals surface area contributed by atoms with E-state index in [1.807, 2.05) is 12.1 Å². The lowest BCUT2D eigenvalue weighted by Crippen LogP contribution is -2.22. The minimum Gasteiger partial charge on any atom is -0.495 e. The lowest BCUT2D eigenvalue weighted by molar-refractivity contribution is 0.383. The number of halogens is 2. The Hall–Kier alpha value is -0.560. The van der Waals surface area contributed by atoms with Gasteiger partial charge in [-0.3, -0.25) is 0 Å². The predicted octanol–water partition coefficient (Wildman–Crippen LogP) is 4.99. The van der Waals surface area contributed by atoms with Crippen LogP contribution >= 0.6 is 43.2 Å². The van der Waals surface area contributed by atoms with E-state index in [1.165, 1.54) is 4.88 Å². The number of methoxy groups -OCH3 is 2. The maximum atomic E-state index is 5.61. The molecule has 0 aliphatic heterocycles. The van der Waals surface area contributed by atoms with E-state index in [9.17, 15) is 0 Å². The molecular formula is C15H17Br2NO2S. The van der Waals surface area contributed by atoms with Crippen molar-refractivity contribution >= 4 is 43.2 Å². The molecule has 1 heterocycles. The van der Waals surface area contributed by atoms with Crippen LogP contribution in [-0.4, -0.2) is 20.8 Å². The van der Waals surface area contributed by atoms with E-state index in [-0.39, 0.29) is 6.04 Å². The van der Waals surface area contributed by atoms with Crippen LogP contribution in [0.1, 0.15) is 23.4 Å². The van der Waals surface area contributed by atoms with Gasteiger partial charge in [-0.25, -0.2) is 0 Å². The summed E-state index contributed by atoms with van der Waals surface area (Å²) in [6, 6.07) is 6.13. The number of ether oxygens (including phenoxy) is 2. The fourth-order valence-corrected chi connectivity index (χ4v) is 4.58. The topological polar surface area (TPSA) is 30.5 Å². The fourth-order valence-electron chi connectivity index (χ4n) is 2.20. The summed E-state index contributed by atoms with van der Waals surface area (Å²) in [5.74, 6) is 1.55. The zero-order valence-electron chi connectivity index (χ0n) is 12.1. The van der Waals surface area contributed by atoms with Crippen molar-refractivity contribution in [1.82, 2.24) is 5.32 Å². The van der Waals surface area contributed by atoms with Crippen molar-refractivity contribution in [2.75, 3.05) is 20.8 Å². The van der Waals surface area contributed by atoms with Gasteiger partial charge in [-0.15, -0.1) is 11.3 Å². The molecule has 0 aliphatic rings. The molecular weight excluding hydrogens is 418 g/mol. The van der Waals surface area contributed by atoms with Crippen molar-refractivity contribution in [3.8, 4) is 11.5 Å². The number of hydrogen-bond acceptors (Lipinski definition) is 4. The molecule has 2 aromatic rings. The maximum Gasteiger partial charge on any atom is 0.141 e. The first-order valence-electron chi connectivity index (χ1n) is 6.50. The summed E-state index contributed by atoms with van der Waals surface area (Å²) in [6.45, 7) is 2.96. The zero-order valence-corrected chi connectivity index (χ0v) is 16.1. The van der Waals surface area contributed by atoms with E-state index in [0.29, 0.717) is 0 Å². The maximum absolute atomic E-state index is 5.61. The van der Waals surface area contributed by atoms with Gasteiger partial charge in [0.15, 0.2) is 0 Å². The molecule has 0 radical (unpaired) electrons. The fraction of sp³-hybridized carbons (Fsp3) is 0.333. The third kappa shape index (κ3) is 3.44. The Morgan fingerprint density at radius 2 is 1.95 bits per heavy atom. The summed E-state index contributed by atoms with van der Waals surface area (Å²) in [5, 5.41) is 5.60. The number of thiophene rings is 1. The van der Waals surface area contributed by atoms with Crippen LogP contribution in [0.4, 0.5) is 0 Å². The van der Waals surface area contributed by atoms with E-state index >= 15 is 0 Å². The Kier molecular flexibility index (Phi) is 6.10. The van der Waals surface area contributed by atoms with E-state index in [2.05, 4.69) is 55.5 Å². The van der Waals surface area contributed by atoms with E-state index in [4.69, 9.17) is 9.47 Å². The molecule has 1 aromatic heterocycles. The summed E-state index contributed by atoms with van der Waals surface area (Å²) in [4.78, 5) is 1.23.